The molecule has 0 radical (unpaired) electrons. The van der Waals surface area contributed by atoms with Crippen molar-refractivity contribution in [2.45, 2.75) is 99.3 Å². The Labute approximate surface area is 228 Å². The van der Waals surface area contributed by atoms with Crippen LogP contribution in [-0.2, 0) is 20.7 Å². The third kappa shape index (κ3) is 14.9. The summed E-state index contributed by atoms with van der Waals surface area (Å²) in [6, 6.07) is 7.43. The first kappa shape index (κ1) is 34.7. The first-order valence-electron chi connectivity index (χ1n) is 14.6. The van der Waals surface area contributed by atoms with Gasteiger partial charge in [-0.2, -0.15) is 0 Å². The molecule has 0 spiro atoms. The number of carbonyl (C=O) groups excluding carboxylic acids is 1. The van der Waals surface area contributed by atoms with E-state index in [0.717, 1.165) is 11.1 Å². The third-order valence-electron chi connectivity index (χ3n) is 6.58. The predicted octanol–water partition coefficient (Wildman–Crippen LogP) is 7.05. The molecule has 0 saturated heterocycles. The Morgan fingerprint density at radius 2 is 1.22 bits per heavy atom. The summed E-state index contributed by atoms with van der Waals surface area (Å²) in [6.45, 7) is 22.5. The van der Waals surface area contributed by atoms with Crippen LogP contribution in [0.25, 0.3) is 6.08 Å². The molecule has 0 aromatic heterocycles. The zero-order chi connectivity index (χ0) is 27.9. The summed E-state index contributed by atoms with van der Waals surface area (Å²) in [5.41, 5.74) is 1.83. The number of esters is 1. The number of unbranched alkanes of at least 4 members (excludes halogenated alkanes) is 4. The van der Waals surface area contributed by atoms with Crippen molar-refractivity contribution in [2.75, 3.05) is 39.4 Å². The van der Waals surface area contributed by atoms with Gasteiger partial charge in [-0.25, -0.2) is 4.79 Å². The van der Waals surface area contributed by atoms with E-state index in [0.29, 0.717) is 0 Å². The van der Waals surface area contributed by atoms with Crippen LogP contribution >= 0.6 is 0 Å². The van der Waals surface area contributed by atoms with Crippen molar-refractivity contribution in [3.8, 4) is 0 Å². The summed E-state index contributed by atoms with van der Waals surface area (Å²) in [4.78, 5) is 11.8. The van der Waals surface area contributed by atoms with Gasteiger partial charge in [-0.3, -0.25) is 0 Å². The fourth-order valence-electron chi connectivity index (χ4n) is 4.28. The van der Waals surface area contributed by atoms with Gasteiger partial charge in [0.15, 0.2) is 0 Å². The second-order valence-corrected chi connectivity index (χ2v) is 9.69. The highest BCUT2D eigenvalue weighted by Gasteiger charge is 2.24. The second-order valence-electron chi connectivity index (χ2n) is 9.69. The Bertz CT molecular complexity index is 717. The van der Waals surface area contributed by atoms with Crippen molar-refractivity contribution in [3.63, 3.8) is 0 Å². The highest BCUT2D eigenvalue weighted by molar-refractivity contribution is 5.89. The lowest BCUT2D eigenvalue weighted by Crippen LogP contribution is -2.50. The Balaban J connectivity index is 0.000000712. The fourth-order valence-corrected chi connectivity index (χ4v) is 4.28. The van der Waals surface area contributed by atoms with E-state index >= 15 is 0 Å². The highest BCUT2D eigenvalue weighted by atomic mass is 16.6. The molecule has 0 aliphatic carbocycles. The fraction of sp³-hybridized carbons (Fsp3) is 0.656. The molecular formula is C32H55NO4. The summed E-state index contributed by atoms with van der Waals surface area (Å²) < 4.78 is 11.2. The van der Waals surface area contributed by atoms with Crippen LogP contribution in [0.4, 0.5) is 0 Å². The van der Waals surface area contributed by atoms with Crippen LogP contribution in [0.2, 0.25) is 0 Å². The molecule has 212 valence electrons. The summed E-state index contributed by atoms with van der Waals surface area (Å²) in [5.74, 6) is -1.25. The average Bonchev–Trinajstić information content (AvgIpc) is 2.91. The van der Waals surface area contributed by atoms with Gasteiger partial charge < -0.3 is 19.1 Å². The van der Waals surface area contributed by atoms with Gasteiger partial charge in [0.1, 0.15) is 0 Å². The minimum Gasteiger partial charge on any atom is -0.613 e. The van der Waals surface area contributed by atoms with Gasteiger partial charge in [-0.1, -0.05) is 97.2 Å². The molecule has 0 N–H and O–H groups in total. The van der Waals surface area contributed by atoms with Crippen molar-refractivity contribution < 1.29 is 23.9 Å². The third-order valence-corrected chi connectivity index (χ3v) is 6.58. The number of ether oxygens (including phenoxy) is 2. The first-order valence-corrected chi connectivity index (χ1v) is 14.6. The Kier molecular flexibility index (Phi) is 20.4. The monoisotopic (exact) mass is 517 g/mol. The molecule has 0 aliphatic rings. The molecule has 0 bridgehead atoms. The topological polar surface area (TPSA) is 58.6 Å². The minimum atomic E-state index is -0.626. The number of carbonyl (C=O) groups is 1. The molecule has 0 fully saturated rings. The van der Waals surface area contributed by atoms with Gasteiger partial charge >= 0.3 is 5.97 Å². The van der Waals surface area contributed by atoms with E-state index < -0.39 is 11.9 Å². The van der Waals surface area contributed by atoms with Crippen LogP contribution < -0.4 is 5.11 Å². The SMILES string of the molecule is C=Cc1ccc(C/C(C(=O)OCC)=C(/[O-])OCC)cc1.CCCC[N+](CCCC)(CCCC)CCCC. The molecule has 1 aromatic carbocycles. The lowest BCUT2D eigenvalue weighted by molar-refractivity contribution is -0.929. The number of quaternary nitrogens is 1. The van der Waals surface area contributed by atoms with Crippen LogP contribution in [0.15, 0.2) is 42.4 Å². The molecule has 5 nitrogen and oxygen atoms in total. The molecular weight excluding hydrogens is 462 g/mol. The van der Waals surface area contributed by atoms with Crippen LogP contribution in [0.5, 0.6) is 0 Å². The Hall–Kier alpha value is -2.27. The minimum absolute atomic E-state index is 0.0139. The van der Waals surface area contributed by atoms with E-state index in [1.807, 2.05) is 24.3 Å². The maximum atomic E-state index is 11.8. The predicted molar refractivity (Wildman–Crippen MR) is 155 cm³/mol. The molecule has 5 heteroatoms. The van der Waals surface area contributed by atoms with E-state index in [4.69, 9.17) is 9.47 Å². The molecule has 1 aromatic rings. The van der Waals surface area contributed by atoms with Gasteiger partial charge in [0.2, 0.25) is 0 Å². The maximum absolute atomic E-state index is 11.8. The first-order chi connectivity index (χ1) is 17.9. The number of benzene rings is 1. The highest BCUT2D eigenvalue weighted by Crippen LogP contribution is 2.17. The van der Waals surface area contributed by atoms with Gasteiger partial charge in [0.05, 0.1) is 44.3 Å². The lowest BCUT2D eigenvalue weighted by Gasteiger charge is -2.39. The zero-order valence-electron chi connectivity index (χ0n) is 24.8. The molecule has 0 saturated carbocycles. The normalized spacial score (nSPS) is 11.7. The molecule has 0 heterocycles. The van der Waals surface area contributed by atoms with E-state index in [9.17, 15) is 9.90 Å². The summed E-state index contributed by atoms with van der Waals surface area (Å²) in [7, 11) is 0. The smallest absolute Gasteiger partial charge is 0.336 e. The van der Waals surface area contributed by atoms with Gasteiger partial charge in [0, 0.05) is 6.42 Å². The summed E-state index contributed by atoms with van der Waals surface area (Å²) >= 11 is 0. The van der Waals surface area contributed by atoms with E-state index in [1.54, 1.807) is 19.9 Å². The van der Waals surface area contributed by atoms with Crippen LogP contribution in [0.1, 0.15) is 104 Å². The molecule has 0 unspecified atom stereocenters. The summed E-state index contributed by atoms with van der Waals surface area (Å²) in [6.07, 6.45) is 13.0. The van der Waals surface area contributed by atoms with Gasteiger partial charge in [0.25, 0.3) is 0 Å². The molecule has 0 atom stereocenters. The van der Waals surface area contributed by atoms with Crippen molar-refractivity contribution in [1.29, 1.82) is 0 Å². The van der Waals surface area contributed by atoms with Crippen molar-refractivity contribution in [3.05, 3.63) is 53.5 Å². The van der Waals surface area contributed by atoms with E-state index in [1.165, 1.54) is 82.0 Å². The van der Waals surface area contributed by atoms with Gasteiger partial charge in [-0.15, -0.1) is 0 Å². The van der Waals surface area contributed by atoms with Crippen LogP contribution in [0.3, 0.4) is 0 Å². The molecule has 0 aliphatic heterocycles. The van der Waals surface area contributed by atoms with Crippen molar-refractivity contribution in [1.82, 2.24) is 0 Å². The molecule has 1 rings (SSSR count). The Morgan fingerprint density at radius 1 is 0.784 bits per heavy atom. The van der Waals surface area contributed by atoms with Gasteiger partial charge in [-0.05, 0) is 50.3 Å². The van der Waals surface area contributed by atoms with Crippen LogP contribution in [0, 0.1) is 0 Å². The maximum Gasteiger partial charge on any atom is 0.336 e. The lowest BCUT2D eigenvalue weighted by atomic mass is 10.0. The van der Waals surface area contributed by atoms with Crippen molar-refractivity contribution in [2.24, 2.45) is 0 Å². The quantitative estimate of drug-likeness (QED) is 0.0854. The zero-order valence-corrected chi connectivity index (χ0v) is 24.8. The number of rotatable bonds is 19. The van der Waals surface area contributed by atoms with Crippen molar-refractivity contribution >= 4 is 12.0 Å². The number of hydrogen-bond donors (Lipinski definition) is 0. The largest absolute Gasteiger partial charge is 0.613 e. The molecule has 0 amide bonds. The average molecular weight is 518 g/mol. The Morgan fingerprint density at radius 3 is 1.57 bits per heavy atom. The number of nitrogens with zero attached hydrogens (tertiary/aromatic N) is 1. The standard InChI is InChI=1S/C16H36N.C16H20O4/c1-5-9-13-17(14-10-6-2,15-11-7-3)16-12-8-4;1-4-12-7-9-13(10-8-12)11-14(15(17)19-5-2)16(18)20-6-3/h5-16H2,1-4H3;4,7-10,17H,1,5-6,11H2,2-3H3/q+1;/p-1/b;15-14+. The number of hydrogen-bond acceptors (Lipinski definition) is 4. The van der Waals surface area contributed by atoms with E-state index in [2.05, 4.69) is 34.3 Å². The van der Waals surface area contributed by atoms with E-state index in [-0.39, 0.29) is 25.2 Å². The van der Waals surface area contributed by atoms with Crippen LogP contribution in [-0.4, -0.2) is 49.8 Å². The summed E-state index contributed by atoms with van der Waals surface area (Å²) in [5, 5.41) is 11.8. The molecule has 37 heavy (non-hydrogen) atoms. The second kappa shape index (κ2) is 21.8.